The summed E-state index contributed by atoms with van der Waals surface area (Å²) in [6.45, 7) is 5.43. The smallest absolute Gasteiger partial charge is 0.288 e. The number of pyridine rings is 1. The lowest BCUT2D eigenvalue weighted by atomic mass is 10.0. The lowest BCUT2D eigenvalue weighted by Crippen LogP contribution is -2.29. The van der Waals surface area contributed by atoms with Gasteiger partial charge in [-0.1, -0.05) is 25.4 Å². The summed E-state index contributed by atoms with van der Waals surface area (Å²) in [6.07, 6.45) is 1.05. The summed E-state index contributed by atoms with van der Waals surface area (Å²) in [7, 11) is 0. The quantitative estimate of drug-likeness (QED) is 0.474. The van der Waals surface area contributed by atoms with Gasteiger partial charge in [-0.3, -0.25) is 14.9 Å². The third-order valence-electron chi connectivity index (χ3n) is 3.54. The molecule has 2 rings (SSSR count). The minimum absolute atomic E-state index is 0.00260. The fourth-order valence-electron chi connectivity index (χ4n) is 2.15. The van der Waals surface area contributed by atoms with E-state index in [9.17, 15) is 14.9 Å². The summed E-state index contributed by atoms with van der Waals surface area (Å²) >= 11 is 5.87. The first kappa shape index (κ1) is 13.7. The summed E-state index contributed by atoms with van der Waals surface area (Å²) < 4.78 is 0. The average Bonchev–Trinajstić information content (AvgIpc) is 2.69. The van der Waals surface area contributed by atoms with Gasteiger partial charge in [0.05, 0.1) is 10.5 Å². The van der Waals surface area contributed by atoms with Crippen LogP contribution >= 0.6 is 11.6 Å². The Morgan fingerprint density at radius 1 is 1.47 bits per heavy atom. The topological polar surface area (TPSA) is 76.3 Å². The molecule has 1 aliphatic rings. The Morgan fingerprint density at radius 2 is 2.05 bits per heavy atom. The Labute approximate surface area is 115 Å². The minimum Gasteiger partial charge on any atom is -0.338 e. The molecule has 0 bridgehead atoms. The van der Waals surface area contributed by atoms with Crippen LogP contribution in [0.15, 0.2) is 12.3 Å². The molecule has 1 aromatic heterocycles. The maximum Gasteiger partial charge on any atom is 0.288 e. The van der Waals surface area contributed by atoms with Crippen LogP contribution in [-0.2, 0) is 0 Å². The lowest BCUT2D eigenvalue weighted by Gasteiger charge is -2.16. The number of likely N-dealkylation sites (tertiary alicyclic amines) is 1. The molecular formula is C12H14ClN3O3. The average molecular weight is 284 g/mol. The van der Waals surface area contributed by atoms with Crippen molar-refractivity contribution in [2.45, 2.75) is 13.8 Å². The van der Waals surface area contributed by atoms with E-state index in [2.05, 4.69) is 18.8 Å². The van der Waals surface area contributed by atoms with Gasteiger partial charge >= 0.3 is 0 Å². The number of hydrogen-bond acceptors (Lipinski definition) is 4. The zero-order chi connectivity index (χ0) is 14.2. The Kier molecular flexibility index (Phi) is 3.71. The molecule has 1 aromatic rings. The van der Waals surface area contributed by atoms with Crippen LogP contribution in [0, 0.1) is 22.0 Å². The number of halogens is 1. The van der Waals surface area contributed by atoms with E-state index >= 15 is 0 Å². The lowest BCUT2D eigenvalue weighted by molar-refractivity contribution is -0.385. The number of hydrogen-bond donors (Lipinski definition) is 0. The number of carbonyl (C=O) groups excluding carboxylic acids is 1. The largest absolute Gasteiger partial charge is 0.338 e. The molecular weight excluding hydrogens is 270 g/mol. The molecule has 0 N–H and O–H groups in total. The molecule has 1 aliphatic heterocycles. The number of amides is 1. The van der Waals surface area contributed by atoms with Gasteiger partial charge in [0, 0.05) is 19.2 Å². The van der Waals surface area contributed by atoms with Crippen molar-refractivity contribution in [3.63, 3.8) is 0 Å². The van der Waals surface area contributed by atoms with Gasteiger partial charge < -0.3 is 4.90 Å². The van der Waals surface area contributed by atoms with Crippen molar-refractivity contribution >= 4 is 23.2 Å². The first-order valence-electron chi connectivity index (χ1n) is 5.99. The van der Waals surface area contributed by atoms with Crippen LogP contribution in [0.5, 0.6) is 0 Å². The van der Waals surface area contributed by atoms with Gasteiger partial charge in [-0.2, -0.15) is 0 Å². The number of aromatic nitrogens is 1. The van der Waals surface area contributed by atoms with Crippen molar-refractivity contribution in [3.05, 3.63) is 33.1 Å². The van der Waals surface area contributed by atoms with Gasteiger partial charge in [-0.05, 0) is 11.8 Å². The highest BCUT2D eigenvalue weighted by Crippen LogP contribution is 2.26. The van der Waals surface area contributed by atoms with Gasteiger partial charge in [0.25, 0.3) is 11.6 Å². The molecule has 2 atom stereocenters. The van der Waals surface area contributed by atoms with Crippen molar-refractivity contribution in [3.8, 4) is 0 Å². The molecule has 1 saturated heterocycles. The Morgan fingerprint density at radius 3 is 2.58 bits per heavy atom. The van der Waals surface area contributed by atoms with Gasteiger partial charge in [-0.15, -0.1) is 0 Å². The second kappa shape index (κ2) is 5.13. The molecule has 0 aromatic carbocycles. The molecule has 0 radical (unpaired) electrons. The molecule has 1 fully saturated rings. The predicted octanol–water partition coefficient (Wildman–Crippen LogP) is 2.37. The molecule has 0 spiro atoms. The maximum atomic E-state index is 12.3. The van der Waals surface area contributed by atoms with Crippen LogP contribution in [0.1, 0.15) is 24.2 Å². The van der Waals surface area contributed by atoms with Gasteiger partial charge in [0.1, 0.15) is 11.3 Å². The molecule has 2 heterocycles. The van der Waals surface area contributed by atoms with Crippen LogP contribution in [0.3, 0.4) is 0 Å². The summed E-state index contributed by atoms with van der Waals surface area (Å²) in [6, 6.07) is 1.19. The fourth-order valence-corrected chi connectivity index (χ4v) is 2.34. The summed E-state index contributed by atoms with van der Waals surface area (Å²) in [5.41, 5.74) is -0.134. The Balaban J connectivity index is 2.29. The van der Waals surface area contributed by atoms with Crippen LogP contribution in [-0.4, -0.2) is 33.8 Å². The van der Waals surface area contributed by atoms with Crippen molar-refractivity contribution in [1.82, 2.24) is 9.88 Å². The molecule has 6 nitrogen and oxygen atoms in total. The first-order valence-corrected chi connectivity index (χ1v) is 6.37. The fraction of sp³-hybridized carbons (Fsp3) is 0.500. The van der Waals surface area contributed by atoms with Gasteiger partial charge in [0.2, 0.25) is 0 Å². The van der Waals surface area contributed by atoms with Crippen LogP contribution in [0.4, 0.5) is 5.69 Å². The van der Waals surface area contributed by atoms with Crippen molar-refractivity contribution in [2.24, 2.45) is 11.8 Å². The highest BCUT2D eigenvalue weighted by molar-refractivity contribution is 6.32. The zero-order valence-electron chi connectivity index (χ0n) is 10.7. The van der Waals surface area contributed by atoms with E-state index in [4.69, 9.17) is 11.6 Å². The van der Waals surface area contributed by atoms with E-state index < -0.39 is 4.92 Å². The highest BCUT2D eigenvalue weighted by Gasteiger charge is 2.31. The molecule has 2 unspecified atom stereocenters. The van der Waals surface area contributed by atoms with E-state index in [1.807, 2.05) is 0 Å². The number of rotatable bonds is 2. The van der Waals surface area contributed by atoms with Gasteiger partial charge in [-0.25, -0.2) is 4.98 Å². The van der Waals surface area contributed by atoms with E-state index in [-0.39, 0.29) is 22.3 Å². The van der Waals surface area contributed by atoms with Crippen molar-refractivity contribution < 1.29 is 9.72 Å². The predicted molar refractivity (Wildman–Crippen MR) is 70.1 cm³/mol. The summed E-state index contributed by atoms with van der Waals surface area (Å²) in [5, 5.41) is 10.7. The van der Waals surface area contributed by atoms with E-state index in [1.165, 1.54) is 6.07 Å². The number of nitro groups is 1. The second-order valence-corrected chi connectivity index (χ2v) is 5.31. The SMILES string of the molecule is CC1CN(C(=O)c2cc([N+](=O)[O-])cnc2Cl)CC1C. The summed E-state index contributed by atoms with van der Waals surface area (Å²) in [5.74, 6) is 0.529. The molecule has 7 heteroatoms. The number of nitrogens with zero attached hydrogens (tertiary/aromatic N) is 3. The van der Waals surface area contributed by atoms with Crippen LogP contribution in [0.2, 0.25) is 5.15 Å². The summed E-state index contributed by atoms with van der Waals surface area (Å²) in [4.78, 5) is 27.8. The van der Waals surface area contributed by atoms with Crippen molar-refractivity contribution in [2.75, 3.05) is 13.1 Å². The minimum atomic E-state index is -0.588. The van der Waals surface area contributed by atoms with Crippen LogP contribution in [0.25, 0.3) is 0 Å². The molecule has 0 saturated carbocycles. The third kappa shape index (κ3) is 2.68. The molecule has 19 heavy (non-hydrogen) atoms. The van der Waals surface area contributed by atoms with Crippen LogP contribution < -0.4 is 0 Å². The second-order valence-electron chi connectivity index (χ2n) is 4.95. The van der Waals surface area contributed by atoms with Gasteiger partial charge in [0.15, 0.2) is 0 Å². The zero-order valence-corrected chi connectivity index (χ0v) is 11.4. The van der Waals surface area contributed by atoms with Crippen molar-refractivity contribution in [1.29, 1.82) is 0 Å². The maximum absolute atomic E-state index is 12.3. The highest BCUT2D eigenvalue weighted by atomic mass is 35.5. The standard InChI is InChI=1S/C12H14ClN3O3/c1-7-5-15(6-8(7)2)12(17)10-3-9(16(18)19)4-14-11(10)13/h3-4,7-8H,5-6H2,1-2H3. The Bertz CT molecular complexity index is 525. The Hall–Kier alpha value is -1.69. The third-order valence-corrected chi connectivity index (χ3v) is 3.84. The molecule has 0 aliphatic carbocycles. The first-order chi connectivity index (χ1) is 8.90. The van der Waals surface area contributed by atoms with E-state index in [0.717, 1.165) is 6.20 Å². The number of carbonyl (C=O) groups is 1. The monoisotopic (exact) mass is 283 g/mol. The molecule has 1 amide bonds. The van der Waals surface area contributed by atoms with E-state index in [1.54, 1.807) is 4.90 Å². The van der Waals surface area contributed by atoms with E-state index in [0.29, 0.717) is 24.9 Å². The molecule has 102 valence electrons. The normalized spacial score (nSPS) is 22.6.